The van der Waals surface area contributed by atoms with Crippen LogP contribution in [0.3, 0.4) is 0 Å². The van der Waals surface area contributed by atoms with Gasteiger partial charge in [0.1, 0.15) is 5.75 Å². The van der Waals surface area contributed by atoms with E-state index in [-0.39, 0.29) is 36.4 Å². The molecule has 1 heterocycles. The lowest BCUT2D eigenvalue weighted by atomic mass is 9.86. The van der Waals surface area contributed by atoms with E-state index in [9.17, 15) is 9.59 Å². The second kappa shape index (κ2) is 8.67. The molecule has 0 saturated heterocycles. The predicted molar refractivity (Wildman–Crippen MR) is 99.6 cm³/mol. The highest BCUT2D eigenvalue weighted by atomic mass is 32.1. The Balaban J connectivity index is 1.80. The van der Waals surface area contributed by atoms with Crippen LogP contribution >= 0.6 is 11.3 Å². The summed E-state index contributed by atoms with van der Waals surface area (Å²) in [4.78, 5) is 25.1. The number of ether oxygens (including phenoxy) is 1. The van der Waals surface area contributed by atoms with Gasteiger partial charge in [-0.3, -0.25) is 9.59 Å². The second-order valence-corrected chi connectivity index (χ2v) is 7.74. The van der Waals surface area contributed by atoms with E-state index in [1.165, 1.54) is 0 Å². The molecule has 0 radical (unpaired) electrons. The van der Waals surface area contributed by atoms with Gasteiger partial charge in [-0.1, -0.05) is 45.0 Å². The molecule has 0 fully saturated rings. The molecule has 0 bridgehead atoms. The summed E-state index contributed by atoms with van der Waals surface area (Å²) in [5, 5.41) is 7.58. The van der Waals surface area contributed by atoms with Crippen LogP contribution in [-0.2, 0) is 9.59 Å². The second-order valence-electron chi connectivity index (χ2n) is 6.76. The fourth-order valence-corrected chi connectivity index (χ4v) is 3.30. The highest BCUT2D eigenvalue weighted by molar-refractivity contribution is 7.10. The first kappa shape index (κ1) is 19.0. The maximum Gasteiger partial charge on any atom is 0.258 e. The van der Waals surface area contributed by atoms with Gasteiger partial charge in [-0.2, -0.15) is 0 Å². The van der Waals surface area contributed by atoms with Gasteiger partial charge in [0.15, 0.2) is 6.61 Å². The van der Waals surface area contributed by atoms with Gasteiger partial charge in [0, 0.05) is 4.88 Å². The molecule has 0 saturated carbocycles. The Morgan fingerprint density at radius 3 is 2.40 bits per heavy atom. The average Bonchev–Trinajstić information content (AvgIpc) is 3.10. The van der Waals surface area contributed by atoms with Gasteiger partial charge in [-0.15, -0.1) is 11.3 Å². The lowest BCUT2D eigenvalue weighted by Gasteiger charge is -2.30. The average molecular weight is 360 g/mol. The molecule has 6 heteroatoms. The fourth-order valence-electron chi connectivity index (χ4n) is 2.28. The van der Waals surface area contributed by atoms with Crippen LogP contribution in [0.4, 0.5) is 0 Å². The fraction of sp³-hybridized carbons (Fsp3) is 0.368. The lowest BCUT2D eigenvalue weighted by molar-refractivity contribution is -0.127. The van der Waals surface area contributed by atoms with Gasteiger partial charge >= 0.3 is 0 Å². The number of carbonyl (C=O) groups is 2. The molecule has 1 aromatic heterocycles. The van der Waals surface area contributed by atoms with Crippen LogP contribution in [0.15, 0.2) is 47.8 Å². The van der Waals surface area contributed by atoms with Crippen molar-refractivity contribution in [3.63, 3.8) is 0 Å². The van der Waals surface area contributed by atoms with Crippen molar-refractivity contribution in [2.45, 2.75) is 26.8 Å². The lowest BCUT2D eigenvalue weighted by Crippen LogP contribution is -2.43. The molecule has 25 heavy (non-hydrogen) atoms. The zero-order valence-electron chi connectivity index (χ0n) is 14.7. The van der Waals surface area contributed by atoms with Crippen molar-refractivity contribution in [2.24, 2.45) is 5.41 Å². The molecule has 2 N–H and O–H groups in total. The Morgan fingerprint density at radius 1 is 1.08 bits per heavy atom. The van der Waals surface area contributed by atoms with Crippen molar-refractivity contribution in [1.29, 1.82) is 0 Å². The minimum atomic E-state index is -0.331. The first-order chi connectivity index (χ1) is 11.9. The van der Waals surface area contributed by atoms with Crippen LogP contribution in [0.25, 0.3) is 0 Å². The molecule has 0 spiro atoms. The van der Waals surface area contributed by atoms with E-state index in [0.717, 1.165) is 4.88 Å². The Morgan fingerprint density at radius 2 is 1.80 bits per heavy atom. The Bertz CT molecular complexity index is 678. The third kappa shape index (κ3) is 6.23. The monoisotopic (exact) mass is 360 g/mol. The van der Waals surface area contributed by atoms with E-state index in [4.69, 9.17) is 4.74 Å². The first-order valence-electron chi connectivity index (χ1n) is 8.13. The SMILES string of the molecule is CC(C)(C)C(NC(=O)CNC(=O)COc1ccccc1)c1cccs1. The molecule has 1 unspecified atom stereocenters. The summed E-state index contributed by atoms with van der Waals surface area (Å²) >= 11 is 1.61. The minimum absolute atomic E-state index is 0.0745. The van der Waals surface area contributed by atoms with Crippen molar-refractivity contribution in [3.05, 3.63) is 52.7 Å². The van der Waals surface area contributed by atoms with E-state index in [1.54, 1.807) is 23.5 Å². The quantitative estimate of drug-likeness (QED) is 0.797. The zero-order valence-corrected chi connectivity index (χ0v) is 15.6. The normalized spacial score (nSPS) is 12.3. The molecule has 2 aromatic rings. The summed E-state index contributed by atoms with van der Waals surface area (Å²) in [6.07, 6.45) is 0. The van der Waals surface area contributed by atoms with Gasteiger partial charge in [-0.05, 0) is 29.0 Å². The van der Waals surface area contributed by atoms with Gasteiger partial charge < -0.3 is 15.4 Å². The summed E-state index contributed by atoms with van der Waals surface area (Å²) in [5.41, 5.74) is -0.124. The van der Waals surface area contributed by atoms with E-state index < -0.39 is 0 Å². The maximum atomic E-state index is 12.2. The Kier molecular flexibility index (Phi) is 6.58. The third-order valence-electron chi connectivity index (χ3n) is 3.56. The van der Waals surface area contributed by atoms with E-state index >= 15 is 0 Å². The Hall–Kier alpha value is -2.34. The van der Waals surface area contributed by atoms with Crippen LogP contribution in [-0.4, -0.2) is 25.0 Å². The highest BCUT2D eigenvalue weighted by Gasteiger charge is 2.28. The Labute approximate surface area is 152 Å². The topological polar surface area (TPSA) is 67.4 Å². The largest absolute Gasteiger partial charge is 0.484 e. The molecule has 5 nitrogen and oxygen atoms in total. The standard InChI is InChI=1S/C19H24N2O3S/c1-19(2,3)18(15-10-7-11-25-15)21-16(22)12-20-17(23)13-24-14-8-5-4-6-9-14/h4-11,18H,12-13H2,1-3H3,(H,20,23)(H,21,22). The van der Waals surface area contributed by atoms with E-state index in [2.05, 4.69) is 31.4 Å². The number of para-hydroxylation sites is 1. The molecule has 0 aliphatic carbocycles. The zero-order chi connectivity index (χ0) is 18.3. The van der Waals surface area contributed by atoms with Crippen LogP contribution in [0.5, 0.6) is 5.75 Å². The van der Waals surface area contributed by atoms with Crippen molar-refractivity contribution in [3.8, 4) is 5.75 Å². The molecule has 0 aliphatic heterocycles. The number of hydrogen-bond donors (Lipinski definition) is 2. The summed E-state index contributed by atoms with van der Waals surface area (Å²) in [5.74, 6) is 0.0661. The molecule has 0 aliphatic rings. The molecule has 1 atom stereocenters. The van der Waals surface area contributed by atoms with Gasteiger partial charge in [0.2, 0.25) is 5.91 Å². The summed E-state index contributed by atoms with van der Waals surface area (Å²) in [7, 11) is 0. The number of nitrogens with one attached hydrogen (secondary N) is 2. The van der Waals surface area contributed by atoms with Gasteiger partial charge in [0.25, 0.3) is 5.91 Å². The summed E-state index contributed by atoms with van der Waals surface area (Å²) in [6, 6.07) is 13.0. The first-order valence-corrected chi connectivity index (χ1v) is 9.01. The van der Waals surface area contributed by atoms with Crippen molar-refractivity contribution in [1.82, 2.24) is 10.6 Å². The number of thiophene rings is 1. The number of amides is 2. The van der Waals surface area contributed by atoms with E-state index in [0.29, 0.717) is 5.75 Å². The van der Waals surface area contributed by atoms with Crippen molar-refractivity contribution in [2.75, 3.05) is 13.2 Å². The minimum Gasteiger partial charge on any atom is -0.484 e. The maximum absolute atomic E-state index is 12.2. The summed E-state index contributed by atoms with van der Waals surface area (Å²) < 4.78 is 5.35. The number of carbonyl (C=O) groups excluding carboxylic acids is 2. The summed E-state index contributed by atoms with van der Waals surface area (Å²) in [6.45, 7) is 6.03. The third-order valence-corrected chi connectivity index (χ3v) is 4.50. The van der Waals surface area contributed by atoms with Gasteiger partial charge in [-0.25, -0.2) is 0 Å². The van der Waals surface area contributed by atoms with Crippen LogP contribution in [0, 0.1) is 5.41 Å². The molecular formula is C19H24N2O3S. The molecule has 134 valence electrons. The molecule has 2 amide bonds. The molecular weight excluding hydrogens is 336 g/mol. The van der Waals surface area contributed by atoms with Crippen molar-refractivity contribution < 1.29 is 14.3 Å². The molecule has 1 aromatic carbocycles. The van der Waals surface area contributed by atoms with Crippen LogP contribution in [0.2, 0.25) is 0 Å². The smallest absolute Gasteiger partial charge is 0.258 e. The van der Waals surface area contributed by atoms with Crippen LogP contribution < -0.4 is 15.4 Å². The van der Waals surface area contributed by atoms with Crippen LogP contribution in [0.1, 0.15) is 31.7 Å². The van der Waals surface area contributed by atoms with Crippen molar-refractivity contribution >= 4 is 23.2 Å². The highest BCUT2D eigenvalue weighted by Crippen LogP contribution is 2.34. The van der Waals surface area contributed by atoms with Gasteiger partial charge in [0.05, 0.1) is 12.6 Å². The number of rotatable bonds is 7. The molecule has 2 rings (SSSR count). The predicted octanol–water partition coefficient (Wildman–Crippen LogP) is 3.15. The number of hydrogen-bond acceptors (Lipinski definition) is 4. The number of benzene rings is 1. The van der Waals surface area contributed by atoms with E-state index in [1.807, 2.05) is 35.7 Å².